The summed E-state index contributed by atoms with van der Waals surface area (Å²) in [5, 5.41) is 0.0415. The summed E-state index contributed by atoms with van der Waals surface area (Å²) in [5.74, 6) is -1.21. The van der Waals surface area contributed by atoms with E-state index in [4.69, 9.17) is 0 Å². The largest absolute Gasteiger partial charge is 0.330 e. The third-order valence-electron chi connectivity index (χ3n) is 5.77. The smallest absolute Gasteiger partial charge is 0.296 e. The Hall–Kier alpha value is -3.57. The van der Waals surface area contributed by atoms with Gasteiger partial charge in [-0.3, -0.25) is 28.4 Å². The summed E-state index contributed by atoms with van der Waals surface area (Å²) < 4.78 is 29.3. The van der Waals surface area contributed by atoms with Crippen molar-refractivity contribution >= 4 is 32.7 Å². The predicted octanol–water partition coefficient (Wildman–Crippen LogP) is -0.161. The summed E-state index contributed by atoms with van der Waals surface area (Å²) in [7, 11) is -1.45. The van der Waals surface area contributed by atoms with Gasteiger partial charge in [-0.2, -0.15) is 4.31 Å². The molecule has 1 saturated heterocycles. The molecule has 2 aromatic carbocycles. The SMILES string of the molecule is Cn1c(=O)c2cc(S(=O)(=O)N3CC(=O)N(CCc4ccccc4)C(=O)C3)ccc2n(C)c1=O. The Morgan fingerprint density at radius 2 is 1.48 bits per heavy atom. The van der Waals surface area contributed by atoms with Gasteiger partial charge in [0.1, 0.15) is 0 Å². The van der Waals surface area contributed by atoms with Crippen molar-refractivity contribution in [2.75, 3.05) is 19.6 Å². The number of imide groups is 1. The molecule has 4 rings (SSSR count). The highest BCUT2D eigenvalue weighted by Gasteiger charge is 2.37. The number of carbonyl (C=O) groups excluding carboxylic acids is 2. The Morgan fingerprint density at radius 3 is 2.12 bits per heavy atom. The number of aromatic nitrogens is 2. The third kappa shape index (κ3) is 4.00. The number of nitrogens with zero attached hydrogens (tertiary/aromatic N) is 4. The van der Waals surface area contributed by atoms with E-state index in [1.54, 1.807) is 0 Å². The number of benzene rings is 2. The molecule has 172 valence electrons. The minimum Gasteiger partial charge on any atom is -0.296 e. The van der Waals surface area contributed by atoms with Gasteiger partial charge >= 0.3 is 5.69 Å². The topological polar surface area (TPSA) is 119 Å². The summed E-state index contributed by atoms with van der Waals surface area (Å²) >= 11 is 0. The van der Waals surface area contributed by atoms with Crippen molar-refractivity contribution in [3.05, 3.63) is 74.9 Å². The third-order valence-corrected chi connectivity index (χ3v) is 7.56. The van der Waals surface area contributed by atoms with Crippen LogP contribution in [-0.4, -0.2) is 58.2 Å². The van der Waals surface area contributed by atoms with Crippen LogP contribution in [0.25, 0.3) is 10.9 Å². The van der Waals surface area contributed by atoms with Gasteiger partial charge in [-0.15, -0.1) is 0 Å². The van der Waals surface area contributed by atoms with Crippen LogP contribution < -0.4 is 11.2 Å². The van der Waals surface area contributed by atoms with E-state index in [1.807, 2.05) is 30.3 Å². The molecule has 10 nitrogen and oxygen atoms in total. The second kappa shape index (κ2) is 8.41. The predicted molar refractivity (Wildman–Crippen MR) is 120 cm³/mol. The van der Waals surface area contributed by atoms with E-state index in [9.17, 15) is 27.6 Å². The minimum absolute atomic E-state index is 0.0415. The Morgan fingerprint density at radius 1 is 0.848 bits per heavy atom. The standard InChI is InChI=1S/C22H22N4O6S/c1-23-18-9-8-16(12-17(18)21(29)24(2)22(23)30)33(31,32)25-13-19(27)26(20(28)14-25)11-10-15-6-4-3-5-7-15/h3-9,12H,10-11,13-14H2,1-2H3. The molecule has 0 N–H and O–H groups in total. The Balaban J connectivity index is 1.60. The maximum Gasteiger partial charge on any atom is 0.330 e. The highest BCUT2D eigenvalue weighted by Crippen LogP contribution is 2.21. The molecule has 11 heteroatoms. The lowest BCUT2D eigenvalue weighted by Crippen LogP contribution is -2.55. The number of fused-ring (bicyclic) bond motifs is 1. The van der Waals surface area contributed by atoms with E-state index in [1.165, 1.54) is 36.9 Å². The van der Waals surface area contributed by atoms with Crippen molar-refractivity contribution in [2.45, 2.75) is 11.3 Å². The number of amides is 2. The molecule has 1 aliphatic rings. The molecule has 1 aliphatic heterocycles. The summed E-state index contributed by atoms with van der Waals surface area (Å²) in [6.07, 6.45) is 0.470. The summed E-state index contributed by atoms with van der Waals surface area (Å²) in [6.45, 7) is -0.798. The molecular weight excluding hydrogens is 448 g/mol. The summed E-state index contributed by atoms with van der Waals surface area (Å²) in [4.78, 5) is 50.7. The van der Waals surface area contributed by atoms with Crippen LogP contribution in [0, 0.1) is 0 Å². The molecule has 0 saturated carbocycles. The summed E-state index contributed by atoms with van der Waals surface area (Å²) in [5.41, 5.74) is 0.0641. The molecule has 2 heterocycles. The molecule has 1 fully saturated rings. The van der Waals surface area contributed by atoms with Crippen molar-refractivity contribution in [3.63, 3.8) is 0 Å². The number of sulfonamides is 1. The first kappa shape index (κ1) is 22.6. The van der Waals surface area contributed by atoms with Crippen LogP contribution in [0.15, 0.2) is 63.0 Å². The van der Waals surface area contributed by atoms with Crippen molar-refractivity contribution in [1.29, 1.82) is 0 Å². The van der Waals surface area contributed by atoms with E-state index in [0.717, 1.165) is 19.3 Å². The monoisotopic (exact) mass is 470 g/mol. The molecule has 0 bridgehead atoms. The van der Waals surface area contributed by atoms with E-state index in [0.29, 0.717) is 6.42 Å². The molecule has 0 aliphatic carbocycles. The number of carbonyl (C=O) groups is 2. The molecule has 0 spiro atoms. The van der Waals surface area contributed by atoms with E-state index < -0.39 is 46.2 Å². The quantitative estimate of drug-likeness (QED) is 0.478. The minimum atomic E-state index is -4.23. The zero-order valence-electron chi connectivity index (χ0n) is 18.1. The van der Waals surface area contributed by atoms with Crippen LogP contribution >= 0.6 is 0 Å². The van der Waals surface area contributed by atoms with Crippen LogP contribution in [0.1, 0.15) is 5.56 Å². The van der Waals surface area contributed by atoms with Crippen LogP contribution in [0.4, 0.5) is 0 Å². The normalized spacial score (nSPS) is 15.4. The molecule has 2 amide bonds. The number of hydrogen-bond donors (Lipinski definition) is 0. The zero-order valence-corrected chi connectivity index (χ0v) is 18.9. The number of aryl methyl sites for hydroxylation is 1. The van der Waals surface area contributed by atoms with Gasteiger partial charge in [-0.25, -0.2) is 13.2 Å². The van der Waals surface area contributed by atoms with Gasteiger partial charge in [0.25, 0.3) is 5.56 Å². The first-order chi connectivity index (χ1) is 15.6. The lowest BCUT2D eigenvalue weighted by molar-refractivity contribution is -0.149. The van der Waals surface area contributed by atoms with E-state index >= 15 is 0 Å². The van der Waals surface area contributed by atoms with Crippen LogP contribution in [-0.2, 0) is 40.1 Å². The Bertz CT molecular complexity index is 1470. The zero-order chi connectivity index (χ0) is 23.9. The number of hydrogen-bond acceptors (Lipinski definition) is 6. The Labute approximate surface area is 189 Å². The Kier molecular flexibility index (Phi) is 5.76. The van der Waals surface area contributed by atoms with Crippen molar-refractivity contribution < 1.29 is 18.0 Å². The van der Waals surface area contributed by atoms with Gasteiger partial charge in [0, 0.05) is 20.6 Å². The number of rotatable bonds is 5. The maximum absolute atomic E-state index is 13.2. The van der Waals surface area contributed by atoms with Crippen LogP contribution in [0.5, 0.6) is 0 Å². The van der Waals surface area contributed by atoms with Crippen molar-refractivity contribution in [2.24, 2.45) is 14.1 Å². The molecule has 0 atom stereocenters. The lowest BCUT2D eigenvalue weighted by Gasteiger charge is -2.32. The maximum atomic E-state index is 13.2. The molecule has 33 heavy (non-hydrogen) atoms. The van der Waals surface area contributed by atoms with Gasteiger partial charge in [-0.05, 0) is 30.2 Å². The summed E-state index contributed by atoms with van der Waals surface area (Å²) in [6, 6.07) is 13.1. The fourth-order valence-electron chi connectivity index (χ4n) is 3.86. The second-order valence-corrected chi connectivity index (χ2v) is 9.77. The average Bonchev–Trinajstić information content (AvgIpc) is 2.81. The number of piperazine rings is 1. The van der Waals surface area contributed by atoms with Gasteiger partial charge in [-0.1, -0.05) is 30.3 Å². The molecule has 0 radical (unpaired) electrons. The van der Waals surface area contributed by atoms with Gasteiger partial charge in [0.05, 0.1) is 28.9 Å². The molecule has 0 unspecified atom stereocenters. The second-order valence-electron chi connectivity index (χ2n) is 7.83. The fraction of sp³-hybridized carbons (Fsp3) is 0.273. The molecule has 1 aromatic heterocycles. The lowest BCUT2D eigenvalue weighted by atomic mass is 10.1. The van der Waals surface area contributed by atoms with Gasteiger partial charge in [0.2, 0.25) is 21.8 Å². The van der Waals surface area contributed by atoms with Crippen molar-refractivity contribution in [3.8, 4) is 0 Å². The van der Waals surface area contributed by atoms with E-state index in [2.05, 4.69) is 0 Å². The van der Waals surface area contributed by atoms with Crippen LogP contribution in [0.3, 0.4) is 0 Å². The van der Waals surface area contributed by atoms with E-state index in [-0.39, 0.29) is 22.3 Å². The first-order valence-corrected chi connectivity index (χ1v) is 11.6. The average molecular weight is 471 g/mol. The first-order valence-electron chi connectivity index (χ1n) is 10.2. The highest BCUT2D eigenvalue weighted by molar-refractivity contribution is 7.89. The molecular formula is C22H22N4O6S. The van der Waals surface area contributed by atoms with Crippen LogP contribution in [0.2, 0.25) is 0 Å². The van der Waals surface area contributed by atoms with Gasteiger partial charge < -0.3 is 0 Å². The van der Waals surface area contributed by atoms with Crippen molar-refractivity contribution in [1.82, 2.24) is 18.3 Å². The highest BCUT2D eigenvalue weighted by atomic mass is 32.2. The fourth-order valence-corrected chi connectivity index (χ4v) is 5.22. The van der Waals surface area contributed by atoms with Gasteiger partial charge in [0.15, 0.2) is 0 Å². The molecule has 3 aromatic rings.